The van der Waals surface area contributed by atoms with Gasteiger partial charge in [-0.2, -0.15) is 0 Å². The summed E-state index contributed by atoms with van der Waals surface area (Å²) in [6.07, 6.45) is 4.26. The van der Waals surface area contributed by atoms with Crippen molar-refractivity contribution in [2.24, 2.45) is 5.92 Å². The van der Waals surface area contributed by atoms with Gasteiger partial charge in [-0.1, -0.05) is 38.0 Å². The number of anilines is 1. The van der Waals surface area contributed by atoms with Crippen LogP contribution in [-0.4, -0.2) is 34.0 Å². The summed E-state index contributed by atoms with van der Waals surface area (Å²) in [5.74, 6) is 0.498. The molecule has 1 aliphatic carbocycles. The van der Waals surface area contributed by atoms with Crippen LogP contribution in [0.4, 0.5) is 5.69 Å². The Bertz CT molecular complexity index is 897. The highest BCUT2D eigenvalue weighted by Gasteiger charge is 2.31. The third kappa shape index (κ3) is 4.50. The Hall–Kier alpha value is -2.06. The lowest BCUT2D eigenvalue weighted by Crippen LogP contribution is -2.47. The summed E-state index contributed by atoms with van der Waals surface area (Å²) in [7, 11) is -2.40. The molecule has 8 heteroatoms. The van der Waals surface area contributed by atoms with Crippen molar-refractivity contribution >= 4 is 33.0 Å². The first kappa shape index (κ1) is 20.7. The lowest BCUT2D eigenvalue weighted by atomic mass is 9.86. The Labute approximate surface area is 170 Å². The minimum atomic E-state index is -3.88. The quantitative estimate of drug-likeness (QED) is 0.739. The van der Waals surface area contributed by atoms with Crippen molar-refractivity contribution in [1.82, 2.24) is 5.32 Å². The second kappa shape index (κ2) is 8.96. The Morgan fingerprint density at radius 2 is 1.96 bits per heavy atom. The molecule has 0 spiro atoms. The number of nitrogens with zero attached hydrogens (tertiary/aromatic N) is 1. The smallest absolute Gasteiger partial charge is 0.274 e. The molecule has 0 bridgehead atoms. The fourth-order valence-corrected chi connectivity index (χ4v) is 6.10. The van der Waals surface area contributed by atoms with Crippen LogP contribution in [0.25, 0.3) is 0 Å². The standard InChI is InChI=1S/C20H26N2O4S2/c1-15-8-3-4-9-16(15)21-19(23)14-22(17-10-5-6-11-18(17)26-2)28(24,25)20-12-7-13-27-20/h5-7,10-13,15-16H,3-4,8-9,14H2,1-2H3,(H,21,23)/t15-,16-/m0/s1. The van der Waals surface area contributed by atoms with Gasteiger partial charge in [-0.05, 0) is 42.3 Å². The minimum Gasteiger partial charge on any atom is -0.495 e. The highest BCUT2D eigenvalue weighted by Crippen LogP contribution is 2.33. The molecule has 1 fully saturated rings. The summed E-state index contributed by atoms with van der Waals surface area (Å²) in [6.45, 7) is 1.84. The first-order valence-corrected chi connectivity index (χ1v) is 11.7. The molecule has 152 valence electrons. The average molecular weight is 423 g/mol. The van der Waals surface area contributed by atoms with Crippen LogP contribution in [0, 0.1) is 5.92 Å². The number of carbonyl (C=O) groups is 1. The molecule has 28 heavy (non-hydrogen) atoms. The van der Waals surface area contributed by atoms with Gasteiger partial charge in [-0.15, -0.1) is 11.3 Å². The molecule has 1 heterocycles. The molecular weight excluding hydrogens is 396 g/mol. The van der Waals surface area contributed by atoms with Crippen LogP contribution < -0.4 is 14.4 Å². The highest BCUT2D eigenvalue weighted by molar-refractivity contribution is 7.94. The second-order valence-corrected chi connectivity index (χ2v) is 10.1. The number of ether oxygens (including phenoxy) is 1. The van der Waals surface area contributed by atoms with E-state index in [4.69, 9.17) is 4.74 Å². The van der Waals surface area contributed by atoms with Crippen molar-refractivity contribution < 1.29 is 17.9 Å². The number of thiophene rings is 1. The molecule has 6 nitrogen and oxygen atoms in total. The zero-order valence-electron chi connectivity index (χ0n) is 16.1. The summed E-state index contributed by atoms with van der Waals surface area (Å²) in [4.78, 5) is 12.8. The van der Waals surface area contributed by atoms with E-state index < -0.39 is 10.0 Å². The maximum atomic E-state index is 13.3. The summed E-state index contributed by atoms with van der Waals surface area (Å²) >= 11 is 1.13. The number of hydrogen-bond acceptors (Lipinski definition) is 5. The average Bonchev–Trinajstić information content (AvgIpc) is 3.23. The van der Waals surface area contributed by atoms with E-state index in [2.05, 4.69) is 12.2 Å². The van der Waals surface area contributed by atoms with Gasteiger partial charge < -0.3 is 10.1 Å². The Morgan fingerprint density at radius 1 is 1.21 bits per heavy atom. The van der Waals surface area contributed by atoms with Gasteiger partial charge in [-0.3, -0.25) is 9.10 Å². The molecule has 2 aromatic rings. The number of hydrogen-bond donors (Lipinski definition) is 1. The SMILES string of the molecule is COc1ccccc1N(CC(=O)N[C@H]1CCCC[C@@H]1C)S(=O)(=O)c1cccs1. The Balaban J connectivity index is 1.89. The number of benzene rings is 1. The number of carbonyl (C=O) groups excluding carboxylic acids is 1. The van der Waals surface area contributed by atoms with Crippen LogP contribution in [0.5, 0.6) is 5.75 Å². The van der Waals surface area contributed by atoms with E-state index in [1.807, 2.05) is 0 Å². The van der Waals surface area contributed by atoms with Crippen molar-refractivity contribution in [2.45, 2.75) is 42.9 Å². The van der Waals surface area contributed by atoms with Crippen molar-refractivity contribution in [3.8, 4) is 5.75 Å². The van der Waals surface area contributed by atoms with E-state index >= 15 is 0 Å². The van der Waals surface area contributed by atoms with Gasteiger partial charge >= 0.3 is 0 Å². The third-order valence-corrected chi connectivity index (χ3v) is 8.27. The molecule has 0 aliphatic heterocycles. The normalized spacial score (nSPS) is 19.8. The van der Waals surface area contributed by atoms with Gasteiger partial charge in [0.05, 0.1) is 12.8 Å². The number of nitrogens with one attached hydrogen (secondary N) is 1. The second-order valence-electron chi connectivity index (χ2n) is 7.05. The van der Waals surface area contributed by atoms with E-state index in [1.54, 1.807) is 41.8 Å². The molecule has 2 atom stereocenters. The largest absolute Gasteiger partial charge is 0.495 e. The van der Waals surface area contributed by atoms with Crippen LogP contribution in [0.3, 0.4) is 0 Å². The molecule has 0 saturated heterocycles. The predicted octanol–water partition coefficient (Wildman–Crippen LogP) is 3.65. The summed E-state index contributed by atoms with van der Waals surface area (Å²) in [6, 6.07) is 10.2. The van der Waals surface area contributed by atoms with Crippen LogP contribution in [0.2, 0.25) is 0 Å². The van der Waals surface area contributed by atoms with Gasteiger partial charge in [0, 0.05) is 6.04 Å². The van der Waals surface area contributed by atoms with Crippen molar-refractivity contribution in [3.63, 3.8) is 0 Å². The number of methoxy groups -OCH3 is 1. The molecule has 3 rings (SSSR count). The van der Waals surface area contributed by atoms with Crippen LogP contribution in [0.1, 0.15) is 32.6 Å². The molecule has 1 aromatic heterocycles. The van der Waals surface area contributed by atoms with E-state index in [-0.39, 0.29) is 22.7 Å². The maximum absolute atomic E-state index is 13.3. The molecule has 0 radical (unpaired) electrons. The first-order valence-electron chi connectivity index (χ1n) is 9.42. The zero-order valence-corrected chi connectivity index (χ0v) is 17.8. The van der Waals surface area contributed by atoms with Gasteiger partial charge in [0.15, 0.2) is 0 Å². The maximum Gasteiger partial charge on any atom is 0.274 e. The van der Waals surface area contributed by atoms with Crippen molar-refractivity contribution in [2.75, 3.05) is 18.0 Å². The van der Waals surface area contributed by atoms with Crippen LogP contribution in [0.15, 0.2) is 46.0 Å². The van der Waals surface area contributed by atoms with Crippen LogP contribution in [-0.2, 0) is 14.8 Å². The van der Waals surface area contributed by atoms with E-state index in [9.17, 15) is 13.2 Å². The summed E-state index contributed by atoms with van der Waals surface area (Å²) < 4.78 is 33.2. The molecular formula is C20H26N2O4S2. The summed E-state index contributed by atoms with van der Waals surface area (Å²) in [5, 5.41) is 4.75. The highest BCUT2D eigenvalue weighted by atomic mass is 32.2. The third-order valence-electron chi connectivity index (χ3n) is 5.14. The van der Waals surface area contributed by atoms with Gasteiger partial charge in [0.25, 0.3) is 10.0 Å². The number of para-hydroxylation sites is 2. The lowest BCUT2D eigenvalue weighted by Gasteiger charge is -2.31. The van der Waals surface area contributed by atoms with Gasteiger partial charge in [0.2, 0.25) is 5.91 Å². The van der Waals surface area contributed by atoms with Gasteiger partial charge in [0.1, 0.15) is 16.5 Å². The lowest BCUT2D eigenvalue weighted by molar-refractivity contribution is -0.120. The Morgan fingerprint density at radius 3 is 2.64 bits per heavy atom. The fraction of sp³-hybridized carbons (Fsp3) is 0.450. The fourth-order valence-electron chi connectivity index (χ4n) is 3.57. The summed E-state index contributed by atoms with van der Waals surface area (Å²) in [5.41, 5.74) is 0.352. The molecule has 1 aromatic carbocycles. The first-order chi connectivity index (χ1) is 13.4. The minimum absolute atomic E-state index is 0.0882. The monoisotopic (exact) mass is 422 g/mol. The zero-order chi connectivity index (χ0) is 20.1. The molecule has 1 aliphatic rings. The number of sulfonamides is 1. The molecule has 1 amide bonds. The number of rotatable bonds is 7. The topological polar surface area (TPSA) is 75.7 Å². The van der Waals surface area contributed by atoms with E-state index in [1.165, 1.54) is 13.5 Å². The predicted molar refractivity (Wildman–Crippen MR) is 111 cm³/mol. The number of amides is 1. The van der Waals surface area contributed by atoms with Crippen molar-refractivity contribution in [3.05, 3.63) is 41.8 Å². The Kier molecular flexibility index (Phi) is 6.61. The van der Waals surface area contributed by atoms with E-state index in [0.717, 1.165) is 34.9 Å². The van der Waals surface area contributed by atoms with E-state index in [0.29, 0.717) is 17.4 Å². The van der Waals surface area contributed by atoms with Gasteiger partial charge in [-0.25, -0.2) is 8.42 Å². The van der Waals surface area contributed by atoms with Crippen molar-refractivity contribution in [1.29, 1.82) is 0 Å². The molecule has 1 saturated carbocycles. The molecule has 1 N–H and O–H groups in total. The van der Waals surface area contributed by atoms with Crippen LogP contribution >= 0.6 is 11.3 Å². The molecule has 0 unspecified atom stereocenters.